The van der Waals surface area contributed by atoms with E-state index in [2.05, 4.69) is 211 Å². The number of nitriles is 2. The maximum absolute atomic E-state index is 9.53. The zero-order valence-electron chi connectivity index (χ0n) is 50.9. The first-order chi connectivity index (χ1) is 40.6. The van der Waals surface area contributed by atoms with Crippen LogP contribution in [0.2, 0.25) is 0 Å². The summed E-state index contributed by atoms with van der Waals surface area (Å²) in [5.41, 5.74) is 18.2. The molecule has 0 fully saturated rings. The van der Waals surface area contributed by atoms with Crippen molar-refractivity contribution in [1.29, 1.82) is 10.5 Å². The van der Waals surface area contributed by atoms with Gasteiger partial charge in [0.25, 0.3) is 0 Å². The van der Waals surface area contributed by atoms with Crippen molar-refractivity contribution >= 4 is 32.7 Å². The van der Waals surface area contributed by atoms with Gasteiger partial charge < -0.3 is 23.5 Å². The van der Waals surface area contributed by atoms with Crippen LogP contribution in [0.4, 0.5) is 0 Å². The van der Waals surface area contributed by atoms with Gasteiger partial charge in [-0.15, -0.1) is 71.8 Å². The molecule has 7 aromatic carbocycles. The standard InChI is InChI=1S/C38H37N6O.C37H29N3.Ir/c1-22-16-31(39-20-23(22)2)30-19-26(44-15-14-43(9)21-44)18-29-28-13-10-24-17-25(11-12-27(24)32(28)45-33(29)30)34-40-35(37(3,4)5)42-36(41-34)38(6,7)8;1-24(2)33-18-31(28-12-6-5-7-13-28)19-34(25(3)4)37(33)32-20-35(29-14-8-10-26(16-29)22-38)40-36(21-32)30-15-9-11-27(17-30)23-39;/h10-18,20H,1-9H3;5-13,16-21,24-25H,1-4H3;/q-1;-2;. The van der Waals surface area contributed by atoms with E-state index in [0.717, 1.165) is 101 Å². The third kappa shape index (κ3) is 12.2. The van der Waals surface area contributed by atoms with Gasteiger partial charge in [-0.2, -0.15) is 10.5 Å². The molecule has 0 unspecified atom stereocenters. The van der Waals surface area contributed by atoms with Crippen molar-refractivity contribution in [2.24, 2.45) is 7.05 Å². The summed E-state index contributed by atoms with van der Waals surface area (Å²) >= 11 is 0. The largest absolute Gasteiger partial charge is 0.500 e. The Hall–Kier alpha value is -9.25. The number of rotatable bonds is 9. The second-order valence-electron chi connectivity index (χ2n) is 24.6. The summed E-state index contributed by atoms with van der Waals surface area (Å²) in [5.74, 6) is 2.82. The average Bonchev–Trinajstić information content (AvgIpc) is 1.65. The number of aromatic nitrogens is 7. The fraction of sp³-hybridized carbons (Fsp3) is 0.227. The van der Waals surface area contributed by atoms with Gasteiger partial charge in [-0.1, -0.05) is 165 Å². The van der Waals surface area contributed by atoms with Crippen molar-refractivity contribution < 1.29 is 29.1 Å². The number of benzene rings is 7. The Morgan fingerprint density at radius 3 is 1.73 bits per heavy atom. The van der Waals surface area contributed by atoms with E-state index in [1.54, 1.807) is 24.3 Å². The van der Waals surface area contributed by atoms with Gasteiger partial charge in [0, 0.05) is 65.9 Å². The number of aryl methyl sites for hydroxylation is 3. The van der Waals surface area contributed by atoms with E-state index in [-0.39, 0.29) is 42.8 Å². The average molecular weight is 1300 g/mol. The van der Waals surface area contributed by atoms with Crippen molar-refractivity contribution in [3.8, 4) is 85.2 Å². The summed E-state index contributed by atoms with van der Waals surface area (Å²) in [4.78, 5) is 24.5. The minimum absolute atomic E-state index is 0. The molecule has 0 aliphatic heterocycles. The van der Waals surface area contributed by atoms with Crippen LogP contribution in [0.3, 0.4) is 0 Å². The zero-order chi connectivity index (χ0) is 60.1. The van der Waals surface area contributed by atoms with Crippen LogP contribution in [0.15, 0.2) is 156 Å². The van der Waals surface area contributed by atoms with Gasteiger partial charge in [0.1, 0.15) is 17.2 Å². The molecule has 0 spiro atoms. The van der Waals surface area contributed by atoms with Gasteiger partial charge >= 0.3 is 0 Å². The van der Waals surface area contributed by atoms with E-state index in [9.17, 15) is 10.5 Å². The van der Waals surface area contributed by atoms with E-state index in [0.29, 0.717) is 17.0 Å². The van der Waals surface area contributed by atoms with Crippen molar-refractivity contribution in [1.82, 2.24) is 29.5 Å². The summed E-state index contributed by atoms with van der Waals surface area (Å²) in [6.45, 7) is 25.9. The third-order valence-electron chi connectivity index (χ3n) is 15.4. The van der Waals surface area contributed by atoms with E-state index >= 15 is 0 Å². The van der Waals surface area contributed by atoms with Crippen LogP contribution >= 0.6 is 0 Å². The molecule has 11 heteroatoms. The fourth-order valence-corrected chi connectivity index (χ4v) is 10.6. The van der Waals surface area contributed by atoms with Crippen LogP contribution < -0.4 is 4.57 Å². The van der Waals surface area contributed by atoms with Crippen LogP contribution in [-0.2, 0) is 38.0 Å². The molecule has 12 aromatic rings. The Kier molecular flexibility index (Phi) is 16.7. The summed E-state index contributed by atoms with van der Waals surface area (Å²) in [6.07, 6.45) is 9.16. The predicted octanol–water partition coefficient (Wildman–Crippen LogP) is 17.4. The Balaban J connectivity index is 0.000000190. The molecule has 86 heavy (non-hydrogen) atoms. The molecule has 0 amide bonds. The Bertz CT molecular complexity index is 4500. The monoisotopic (exact) mass is 1300 g/mol. The van der Waals surface area contributed by atoms with Crippen molar-refractivity contribution in [2.75, 3.05) is 0 Å². The normalized spacial score (nSPS) is 11.6. The number of nitrogens with zero attached hydrogens (tertiary/aromatic N) is 9. The van der Waals surface area contributed by atoms with E-state index in [1.165, 1.54) is 33.4 Å². The summed E-state index contributed by atoms with van der Waals surface area (Å²) in [6, 6.07) is 59.4. The molecule has 0 saturated heterocycles. The molecular formula is C75H66IrN9O-3. The van der Waals surface area contributed by atoms with Gasteiger partial charge in [-0.25, -0.2) is 15.0 Å². The number of imidazole rings is 1. The Morgan fingerprint density at radius 2 is 1.19 bits per heavy atom. The maximum atomic E-state index is 9.53. The van der Waals surface area contributed by atoms with Gasteiger partial charge in [0.05, 0.1) is 24.8 Å². The molecule has 0 bridgehead atoms. The van der Waals surface area contributed by atoms with Crippen molar-refractivity contribution in [2.45, 2.75) is 106 Å². The zero-order valence-corrected chi connectivity index (χ0v) is 53.3. The summed E-state index contributed by atoms with van der Waals surface area (Å²) < 4.78 is 10.6. The van der Waals surface area contributed by atoms with Gasteiger partial charge in [0.2, 0.25) is 6.33 Å². The molecule has 12 rings (SSSR count). The van der Waals surface area contributed by atoms with Crippen LogP contribution in [0.5, 0.6) is 0 Å². The quantitative estimate of drug-likeness (QED) is 0.103. The second kappa shape index (κ2) is 24.0. The number of pyridine rings is 2. The predicted molar refractivity (Wildman–Crippen MR) is 340 cm³/mol. The molecule has 0 saturated carbocycles. The molecule has 5 heterocycles. The minimum atomic E-state index is -0.205. The molecule has 0 aliphatic rings. The number of fused-ring (bicyclic) bond motifs is 5. The summed E-state index contributed by atoms with van der Waals surface area (Å²) in [5, 5.41) is 23.2. The van der Waals surface area contributed by atoms with Crippen LogP contribution in [0.25, 0.3) is 106 Å². The second-order valence-corrected chi connectivity index (χ2v) is 24.6. The molecule has 0 N–H and O–H groups in total. The van der Waals surface area contributed by atoms with E-state index in [4.69, 9.17) is 29.3 Å². The van der Waals surface area contributed by atoms with Crippen LogP contribution in [-0.4, -0.2) is 29.5 Å². The molecule has 10 nitrogen and oxygen atoms in total. The van der Waals surface area contributed by atoms with Crippen LogP contribution in [0, 0.1) is 61.0 Å². The summed E-state index contributed by atoms with van der Waals surface area (Å²) in [7, 11) is 1.96. The smallest absolute Gasteiger partial charge is 0.241 e. The van der Waals surface area contributed by atoms with Crippen LogP contribution in [0.1, 0.15) is 126 Å². The topological polar surface area (TPSA) is 134 Å². The minimum Gasteiger partial charge on any atom is -0.500 e. The van der Waals surface area contributed by atoms with E-state index < -0.39 is 0 Å². The number of hydrogen-bond donors (Lipinski definition) is 0. The van der Waals surface area contributed by atoms with Gasteiger partial charge in [-0.05, 0) is 116 Å². The van der Waals surface area contributed by atoms with Crippen molar-refractivity contribution in [3.05, 3.63) is 222 Å². The first kappa shape index (κ1) is 59.9. The molecule has 0 atom stereocenters. The Morgan fingerprint density at radius 1 is 0.581 bits per heavy atom. The number of hydrogen-bond acceptors (Lipinski definition) is 8. The third-order valence-corrected chi connectivity index (χ3v) is 15.4. The Labute approximate surface area is 518 Å². The van der Waals surface area contributed by atoms with Gasteiger partial charge in [-0.3, -0.25) is 0 Å². The molecular weight excluding hydrogens is 1240 g/mol. The molecule has 5 aromatic heterocycles. The maximum Gasteiger partial charge on any atom is 0.241 e. The molecule has 429 valence electrons. The van der Waals surface area contributed by atoms with Crippen molar-refractivity contribution in [3.63, 3.8) is 0 Å². The number of furan rings is 1. The molecule has 0 aliphatic carbocycles. The fourth-order valence-electron chi connectivity index (χ4n) is 10.6. The van der Waals surface area contributed by atoms with E-state index in [1.807, 2.05) is 53.0 Å². The SMILES string of the molecule is CC(C)c1cc(-c2ccccc2)cc(C(C)C)c1-c1cc(-c2[c-]ccc(C#N)c2)nc(-c2[c-]ccc(C#N)c2)c1.Cc1cnc(-c2[c-]c(-n3[c-][n+](C)cc3)cc3c2oc2c4ccc(-c5nc(C(C)(C)C)nc(C(C)(C)C)n5)cc4ccc32)cc1C.[Ir]. The first-order valence-corrected chi connectivity index (χ1v) is 28.8. The first-order valence-electron chi connectivity index (χ1n) is 28.8. The molecule has 1 radical (unpaired) electrons. The van der Waals surface area contributed by atoms with Gasteiger partial charge in [0.15, 0.2) is 5.82 Å².